The van der Waals surface area contributed by atoms with Gasteiger partial charge in [-0.1, -0.05) is 0 Å². The van der Waals surface area contributed by atoms with Crippen LogP contribution >= 0.6 is 0 Å². The molecule has 0 aliphatic rings. The minimum Gasteiger partial charge on any atom is -0.465 e. The number of hydrogen-bond donors (Lipinski definition) is 1. The van der Waals surface area contributed by atoms with Gasteiger partial charge in [-0.3, -0.25) is 9.59 Å². The van der Waals surface area contributed by atoms with Gasteiger partial charge in [0.1, 0.15) is 6.54 Å². The molecule has 2 rings (SSSR count). The Labute approximate surface area is 155 Å². The molecule has 1 heterocycles. The van der Waals surface area contributed by atoms with Crippen molar-refractivity contribution in [3.05, 3.63) is 63.1 Å². The number of methoxy groups -OCH3 is 2. The molecule has 0 radical (unpaired) electrons. The molecular formula is C19H20N2O6. The lowest BCUT2D eigenvalue weighted by Gasteiger charge is -2.14. The first kappa shape index (κ1) is 19.9. The maximum atomic E-state index is 12.4. The van der Waals surface area contributed by atoms with Gasteiger partial charge in [0.05, 0.1) is 25.3 Å². The summed E-state index contributed by atoms with van der Waals surface area (Å²) < 4.78 is 11.0. The highest BCUT2D eigenvalue weighted by Crippen LogP contribution is 2.17. The quantitative estimate of drug-likeness (QED) is 0.801. The maximum Gasteiger partial charge on any atom is 0.337 e. The Hall–Kier alpha value is -3.42. The normalized spacial score (nSPS) is 10.2. The van der Waals surface area contributed by atoms with Crippen LogP contribution in [0.2, 0.25) is 0 Å². The lowest BCUT2D eigenvalue weighted by atomic mass is 10.1. The van der Waals surface area contributed by atoms with Crippen molar-refractivity contribution in [3.8, 4) is 0 Å². The van der Waals surface area contributed by atoms with E-state index in [1.54, 1.807) is 18.4 Å². The number of benzene rings is 1. The number of carbonyl (C=O) groups excluding carboxylic acids is 3. The number of anilines is 1. The largest absolute Gasteiger partial charge is 0.465 e. The van der Waals surface area contributed by atoms with Crippen LogP contribution in [0.5, 0.6) is 0 Å². The SMILES string of the molecule is COC(=O)c1cc(NC(=O)Cn2c(C)cc(=O)cc2C)cc(C(=O)OC)c1. The number of amides is 1. The van der Waals surface area contributed by atoms with E-state index in [4.69, 9.17) is 0 Å². The highest BCUT2D eigenvalue weighted by Gasteiger charge is 2.15. The Balaban J connectivity index is 2.30. The minimum absolute atomic E-state index is 0.0338. The summed E-state index contributed by atoms with van der Waals surface area (Å²) in [5, 5.41) is 2.64. The van der Waals surface area contributed by atoms with Crippen LogP contribution in [0.25, 0.3) is 0 Å². The molecule has 0 aliphatic heterocycles. The van der Waals surface area contributed by atoms with Crippen LogP contribution in [-0.4, -0.2) is 36.6 Å². The number of rotatable bonds is 5. The van der Waals surface area contributed by atoms with E-state index in [1.807, 2.05) is 0 Å². The lowest BCUT2D eigenvalue weighted by Crippen LogP contribution is -2.23. The second-order valence-corrected chi connectivity index (χ2v) is 5.89. The molecule has 2 aromatic rings. The first-order chi connectivity index (χ1) is 12.7. The number of pyridine rings is 1. The highest BCUT2D eigenvalue weighted by molar-refractivity contribution is 5.99. The van der Waals surface area contributed by atoms with Crippen LogP contribution in [0, 0.1) is 13.8 Å². The summed E-state index contributed by atoms with van der Waals surface area (Å²) in [6, 6.07) is 7.01. The number of aromatic nitrogens is 1. The molecule has 8 heteroatoms. The van der Waals surface area contributed by atoms with Gasteiger partial charge in [-0.2, -0.15) is 0 Å². The van der Waals surface area contributed by atoms with Gasteiger partial charge < -0.3 is 19.4 Å². The van der Waals surface area contributed by atoms with Crippen LogP contribution < -0.4 is 10.7 Å². The molecule has 0 saturated heterocycles. The number of esters is 2. The number of aryl methyl sites for hydroxylation is 2. The molecule has 0 unspecified atom stereocenters. The Morgan fingerprint density at radius 3 is 1.81 bits per heavy atom. The summed E-state index contributed by atoms with van der Waals surface area (Å²) in [7, 11) is 2.43. The van der Waals surface area contributed by atoms with Gasteiger partial charge in [0.25, 0.3) is 0 Å². The fourth-order valence-corrected chi connectivity index (χ4v) is 2.65. The molecule has 0 bridgehead atoms. The van der Waals surface area contributed by atoms with Crippen molar-refractivity contribution in [2.24, 2.45) is 0 Å². The smallest absolute Gasteiger partial charge is 0.337 e. The van der Waals surface area contributed by atoms with Gasteiger partial charge in [0.2, 0.25) is 5.91 Å². The van der Waals surface area contributed by atoms with E-state index >= 15 is 0 Å². The van der Waals surface area contributed by atoms with E-state index in [0.29, 0.717) is 11.4 Å². The summed E-state index contributed by atoms with van der Waals surface area (Å²) in [5.41, 5.74) is 1.62. The van der Waals surface area contributed by atoms with Crippen molar-refractivity contribution >= 4 is 23.5 Å². The fourth-order valence-electron chi connectivity index (χ4n) is 2.65. The first-order valence-corrected chi connectivity index (χ1v) is 8.04. The zero-order chi connectivity index (χ0) is 20.1. The minimum atomic E-state index is -0.650. The Kier molecular flexibility index (Phi) is 6.12. The molecule has 1 aromatic heterocycles. The highest BCUT2D eigenvalue weighted by atomic mass is 16.5. The average molecular weight is 372 g/mol. The third-order valence-electron chi connectivity index (χ3n) is 3.91. The van der Waals surface area contributed by atoms with Crippen LogP contribution in [0.3, 0.4) is 0 Å². The second-order valence-electron chi connectivity index (χ2n) is 5.89. The van der Waals surface area contributed by atoms with Gasteiger partial charge in [-0.05, 0) is 32.0 Å². The lowest BCUT2D eigenvalue weighted by molar-refractivity contribution is -0.116. The summed E-state index contributed by atoms with van der Waals surface area (Å²) in [5.74, 6) is -1.69. The van der Waals surface area contributed by atoms with Gasteiger partial charge in [-0.25, -0.2) is 9.59 Å². The number of carbonyl (C=O) groups is 3. The van der Waals surface area contributed by atoms with E-state index in [9.17, 15) is 19.2 Å². The number of ether oxygens (including phenoxy) is 2. The monoisotopic (exact) mass is 372 g/mol. The average Bonchev–Trinajstić information content (AvgIpc) is 2.62. The zero-order valence-electron chi connectivity index (χ0n) is 15.5. The molecule has 1 N–H and O–H groups in total. The number of nitrogens with one attached hydrogen (secondary N) is 1. The topological polar surface area (TPSA) is 104 Å². The first-order valence-electron chi connectivity index (χ1n) is 8.04. The van der Waals surface area contributed by atoms with Crippen LogP contribution in [0.4, 0.5) is 5.69 Å². The molecule has 1 amide bonds. The van der Waals surface area contributed by atoms with Crippen molar-refractivity contribution < 1.29 is 23.9 Å². The molecular weight excluding hydrogens is 352 g/mol. The van der Waals surface area contributed by atoms with Crippen LogP contribution in [0.15, 0.2) is 35.1 Å². The molecule has 142 valence electrons. The van der Waals surface area contributed by atoms with Crippen molar-refractivity contribution in [2.45, 2.75) is 20.4 Å². The van der Waals surface area contributed by atoms with Crippen LogP contribution in [0.1, 0.15) is 32.1 Å². The molecule has 8 nitrogen and oxygen atoms in total. The molecule has 27 heavy (non-hydrogen) atoms. The standard InChI is InChI=1S/C19H20N2O6/c1-11-5-16(22)6-12(2)21(11)10-17(23)20-15-8-13(18(24)26-3)7-14(9-15)19(25)27-4/h5-9H,10H2,1-4H3,(H,20,23). The summed E-state index contributed by atoms with van der Waals surface area (Å²) in [6.07, 6.45) is 0. The number of nitrogens with zero attached hydrogens (tertiary/aromatic N) is 1. The summed E-state index contributed by atoms with van der Waals surface area (Å²) >= 11 is 0. The van der Waals surface area contributed by atoms with Gasteiger partial charge in [0.15, 0.2) is 5.43 Å². The second kappa shape index (κ2) is 8.31. The van der Waals surface area contributed by atoms with E-state index in [2.05, 4.69) is 14.8 Å². The van der Waals surface area contributed by atoms with E-state index < -0.39 is 11.9 Å². The van der Waals surface area contributed by atoms with E-state index in [0.717, 1.165) is 0 Å². The van der Waals surface area contributed by atoms with Crippen molar-refractivity contribution in [1.82, 2.24) is 4.57 Å². The Bertz CT molecular complexity index is 901. The maximum absolute atomic E-state index is 12.4. The van der Waals surface area contributed by atoms with Crippen molar-refractivity contribution in [1.29, 1.82) is 0 Å². The molecule has 0 saturated carbocycles. The Morgan fingerprint density at radius 1 is 0.889 bits per heavy atom. The molecule has 0 atom stereocenters. The van der Waals surface area contributed by atoms with Gasteiger partial charge in [0, 0.05) is 29.2 Å². The third-order valence-corrected chi connectivity index (χ3v) is 3.91. The van der Waals surface area contributed by atoms with E-state index in [1.165, 1.54) is 44.6 Å². The molecule has 0 spiro atoms. The summed E-state index contributed by atoms with van der Waals surface area (Å²) in [6.45, 7) is 3.43. The predicted octanol–water partition coefficient (Wildman–Crippen LogP) is 1.68. The predicted molar refractivity (Wildman–Crippen MR) is 97.9 cm³/mol. The number of hydrogen-bond acceptors (Lipinski definition) is 6. The van der Waals surface area contributed by atoms with Gasteiger partial charge in [-0.15, -0.1) is 0 Å². The Morgan fingerprint density at radius 2 is 1.37 bits per heavy atom. The van der Waals surface area contributed by atoms with Crippen molar-refractivity contribution in [2.75, 3.05) is 19.5 Å². The molecule has 0 aliphatic carbocycles. The van der Waals surface area contributed by atoms with Gasteiger partial charge >= 0.3 is 11.9 Å². The molecule has 0 fully saturated rings. The third kappa shape index (κ3) is 4.81. The fraction of sp³-hybridized carbons (Fsp3) is 0.263. The van der Waals surface area contributed by atoms with E-state index in [-0.39, 0.29) is 34.7 Å². The zero-order valence-corrected chi connectivity index (χ0v) is 15.5. The summed E-state index contributed by atoms with van der Waals surface area (Å²) in [4.78, 5) is 47.5. The van der Waals surface area contributed by atoms with Crippen molar-refractivity contribution in [3.63, 3.8) is 0 Å². The van der Waals surface area contributed by atoms with Crippen LogP contribution in [-0.2, 0) is 20.8 Å². The molecule has 1 aromatic carbocycles.